The molecule has 2 aliphatic heterocycles. The Labute approximate surface area is 186 Å². The SMILES string of the molecule is N[C@@H](Cc1cc(F)c(F)cc1F)C1C[C@H]2CC[C@@H](C1)N2S(=O)(=O)CCNS(=O)(=O)C1CC1. The van der Waals surface area contributed by atoms with Gasteiger partial charge in [-0.1, -0.05) is 0 Å². The van der Waals surface area contributed by atoms with Crippen molar-refractivity contribution < 1.29 is 30.0 Å². The normalized spacial score (nSPS) is 27.6. The van der Waals surface area contributed by atoms with Gasteiger partial charge in [-0.25, -0.2) is 34.7 Å². The molecule has 0 amide bonds. The molecule has 180 valence electrons. The fraction of sp³-hybridized carbons (Fsp3) is 0.700. The highest BCUT2D eigenvalue weighted by atomic mass is 32.2. The molecule has 7 nitrogen and oxygen atoms in total. The minimum atomic E-state index is -3.66. The highest BCUT2D eigenvalue weighted by molar-refractivity contribution is 7.90. The Kier molecular flexibility index (Phi) is 6.63. The van der Waals surface area contributed by atoms with E-state index in [0.29, 0.717) is 44.6 Å². The van der Waals surface area contributed by atoms with Gasteiger partial charge < -0.3 is 5.73 Å². The van der Waals surface area contributed by atoms with E-state index in [4.69, 9.17) is 5.73 Å². The van der Waals surface area contributed by atoms with Gasteiger partial charge in [0, 0.05) is 30.7 Å². The van der Waals surface area contributed by atoms with E-state index in [1.54, 1.807) is 0 Å². The predicted molar refractivity (Wildman–Crippen MR) is 113 cm³/mol. The Balaban J connectivity index is 1.37. The molecule has 4 atom stereocenters. The molecule has 1 saturated carbocycles. The molecule has 32 heavy (non-hydrogen) atoms. The molecule has 3 aliphatic rings. The summed E-state index contributed by atoms with van der Waals surface area (Å²) < 4.78 is 94.3. The molecule has 1 aromatic carbocycles. The van der Waals surface area contributed by atoms with Crippen LogP contribution in [0.4, 0.5) is 13.2 Å². The van der Waals surface area contributed by atoms with Crippen molar-refractivity contribution >= 4 is 20.0 Å². The zero-order valence-electron chi connectivity index (χ0n) is 17.5. The molecule has 2 heterocycles. The van der Waals surface area contributed by atoms with Crippen molar-refractivity contribution in [2.24, 2.45) is 11.7 Å². The third-order valence-electron chi connectivity index (χ3n) is 6.80. The third-order valence-corrected chi connectivity index (χ3v) is 10.7. The number of hydrogen-bond acceptors (Lipinski definition) is 5. The summed E-state index contributed by atoms with van der Waals surface area (Å²) in [6, 6.07) is 0.316. The average molecular weight is 496 g/mol. The van der Waals surface area contributed by atoms with Gasteiger partial charge in [0.1, 0.15) is 5.82 Å². The zero-order valence-corrected chi connectivity index (χ0v) is 19.1. The highest BCUT2D eigenvalue weighted by Gasteiger charge is 2.47. The van der Waals surface area contributed by atoms with Crippen molar-refractivity contribution in [3.63, 3.8) is 0 Å². The highest BCUT2D eigenvalue weighted by Crippen LogP contribution is 2.42. The largest absolute Gasteiger partial charge is 0.327 e. The lowest BCUT2D eigenvalue weighted by Crippen LogP contribution is -2.51. The van der Waals surface area contributed by atoms with Gasteiger partial charge in [0.2, 0.25) is 20.0 Å². The summed E-state index contributed by atoms with van der Waals surface area (Å²) in [5, 5.41) is -0.405. The summed E-state index contributed by atoms with van der Waals surface area (Å²) in [5.74, 6) is -3.62. The Bertz CT molecular complexity index is 1070. The maximum Gasteiger partial charge on any atom is 0.215 e. The van der Waals surface area contributed by atoms with Crippen LogP contribution in [0.2, 0.25) is 0 Å². The van der Waals surface area contributed by atoms with Gasteiger partial charge in [0.05, 0.1) is 11.0 Å². The van der Waals surface area contributed by atoms with E-state index in [1.807, 2.05) is 0 Å². The van der Waals surface area contributed by atoms with E-state index in [0.717, 1.165) is 6.07 Å². The molecule has 4 rings (SSSR count). The van der Waals surface area contributed by atoms with E-state index in [1.165, 1.54) is 4.31 Å². The van der Waals surface area contributed by atoms with Crippen LogP contribution in [0.25, 0.3) is 0 Å². The molecule has 3 fully saturated rings. The first kappa shape index (κ1) is 23.9. The standard InChI is InChI=1S/C20H28F3N3O4S2/c21-17-11-19(23)18(22)9-12(17)10-20(24)13-7-14-1-2-15(8-13)26(14)31(27,28)6-5-25-32(29,30)16-3-4-16/h9,11,13-16,20,25H,1-8,10,24H2/t13?,14-,15+,20-/m0/s1. The lowest BCUT2D eigenvalue weighted by atomic mass is 9.83. The molecule has 1 aliphatic carbocycles. The third kappa shape index (κ3) is 4.98. The van der Waals surface area contributed by atoms with E-state index in [2.05, 4.69) is 4.72 Å². The fourth-order valence-corrected chi connectivity index (χ4v) is 8.41. The monoisotopic (exact) mass is 495 g/mol. The second-order valence-corrected chi connectivity index (χ2v) is 13.2. The van der Waals surface area contributed by atoms with Gasteiger partial charge in [-0.15, -0.1) is 0 Å². The summed E-state index contributed by atoms with van der Waals surface area (Å²) in [6.45, 7) is -0.157. The second kappa shape index (κ2) is 8.86. The van der Waals surface area contributed by atoms with E-state index < -0.39 is 48.8 Å². The smallest absolute Gasteiger partial charge is 0.215 e. The second-order valence-electron chi connectivity index (χ2n) is 9.13. The summed E-state index contributed by atoms with van der Waals surface area (Å²) in [5.41, 5.74) is 6.28. The van der Waals surface area contributed by atoms with Crippen LogP contribution in [0.5, 0.6) is 0 Å². The van der Waals surface area contributed by atoms with Crippen LogP contribution < -0.4 is 10.5 Å². The number of benzene rings is 1. The molecule has 2 bridgehead atoms. The van der Waals surface area contributed by atoms with Crippen LogP contribution in [-0.4, -0.2) is 56.8 Å². The summed E-state index contributed by atoms with van der Waals surface area (Å²) in [4.78, 5) is 0. The van der Waals surface area contributed by atoms with Crippen molar-refractivity contribution in [1.29, 1.82) is 0 Å². The number of fused-ring (bicyclic) bond motifs is 2. The van der Waals surface area contributed by atoms with Crippen molar-refractivity contribution in [3.05, 3.63) is 35.1 Å². The maximum atomic E-state index is 14.0. The van der Waals surface area contributed by atoms with E-state index in [-0.39, 0.29) is 42.3 Å². The minimum absolute atomic E-state index is 0.00162. The van der Waals surface area contributed by atoms with Gasteiger partial charge in [0.25, 0.3) is 0 Å². The first-order chi connectivity index (χ1) is 15.0. The number of rotatable bonds is 9. The number of hydrogen-bond donors (Lipinski definition) is 2. The Morgan fingerprint density at radius 1 is 0.969 bits per heavy atom. The molecule has 1 aromatic rings. The quantitative estimate of drug-likeness (QED) is 0.506. The van der Waals surface area contributed by atoms with Gasteiger partial charge in [-0.2, -0.15) is 4.31 Å². The van der Waals surface area contributed by atoms with Crippen LogP contribution in [-0.2, 0) is 26.5 Å². The van der Waals surface area contributed by atoms with Crippen LogP contribution in [0, 0.1) is 23.4 Å². The zero-order chi connectivity index (χ0) is 23.3. The fourth-order valence-electron chi connectivity index (χ4n) is 5.04. The number of sulfonamides is 2. The van der Waals surface area contributed by atoms with Crippen LogP contribution in [0.15, 0.2) is 12.1 Å². The molecular formula is C20H28F3N3O4S2. The van der Waals surface area contributed by atoms with E-state index in [9.17, 15) is 30.0 Å². The Morgan fingerprint density at radius 2 is 1.56 bits per heavy atom. The first-order valence-corrected chi connectivity index (χ1v) is 14.0. The predicted octanol–water partition coefficient (Wildman–Crippen LogP) is 1.63. The molecule has 0 spiro atoms. The first-order valence-electron chi connectivity index (χ1n) is 10.9. The van der Waals surface area contributed by atoms with Crippen molar-refractivity contribution in [2.45, 2.75) is 68.3 Å². The van der Waals surface area contributed by atoms with Crippen LogP contribution in [0.1, 0.15) is 44.1 Å². The maximum absolute atomic E-state index is 14.0. The van der Waals surface area contributed by atoms with Crippen molar-refractivity contribution in [1.82, 2.24) is 9.03 Å². The molecule has 2 saturated heterocycles. The Hall–Kier alpha value is -1.21. The topological polar surface area (TPSA) is 110 Å². The van der Waals surface area contributed by atoms with Crippen molar-refractivity contribution in [3.8, 4) is 0 Å². The van der Waals surface area contributed by atoms with E-state index >= 15 is 0 Å². The number of nitrogens with zero attached hydrogens (tertiary/aromatic N) is 1. The molecule has 3 N–H and O–H groups in total. The van der Waals surface area contributed by atoms with Gasteiger partial charge in [-0.3, -0.25) is 0 Å². The summed E-state index contributed by atoms with van der Waals surface area (Å²) >= 11 is 0. The lowest BCUT2D eigenvalue weighted by Gasteiger charge is -2.40. The average Bonchev–Trinajstić information content (AvgIpc) is 3.52. The number of halogens is 3. The molecule has 1 unspecified atom stereocenters. The molecule has 12 heteroatoms. The summed E-state index contributed by atoms with van der Waals surface area (Å²) in [6.07, 6.45) is 3.60. The number of nitrogens with two attached hydrogens (primary N) is 1. The number of nitrogens with one attached hydrogen (secondary N) is 1. The molecule has 0 aromatic heterocycles. The molecule has 0 radical (unpaired) electrons. The molecular weight excluding hydrogens is 467 g/mol. The van der Waals surface area contributed by atoms with Gasteiger partial charge in [-0.05, 0) is 62.5 Å². The summed E-state index contributed by atoms with van der Waals surface area (Å²) in [7, 11) is -7.10. The Morgan fingerprint density at radius 3 is 2.16 bits per heavy atom. The lowest BCUT2D eigenvalue weighted by molar-refractivity contribution is 0.170. The van der Waals surface area contributed by atoms with Gasteiger partial charge in [0.15, 0.2) is 11.6 Å². The van der Waals surface area contributed by atoms with Crippen LogP contribution >= 0.6 is 0 Å². The minimum Gasteiger partial charge on any atom is -0.327 e. The van der Waals surface area contributed by atoms with Crippen LogP contribution in [0.3, 0.4) is 0 Å². The number of piperidine rings is 1. The van der Waals surface area contributed by atoms with Crippen molar-refractivity contribution in [2.75, 3.05) is 12.3 Å². The van der Waals surface area contributed by atoms with Gasteiger partial charge >= 0.3 is 0 Å².